The molecule has 0 aliphatic carbocycles. The van der Waals surface area contributed by atoms with E-state index in [1.165, 1.54) is 13.0 Å². The first-order chi connectivity index (χ1) is 3.95. The summed E-state index contributed by atoms with van der Waals surface area (Å²) in [5, 5.41) is 0. The molecule has 0 bridgehead atoms. The maximum absolute atomic E-state index is 11.4. The van der Waals surface area contributed by atoms with Crippen molar-refractivity contribution in [3.8, 4) is 0 Å². The summed E-state index contributed by atoms with van der Waals surface area (Å²) >= 11 is 0. The zero-order valence-corrected chi connectivity index (χ0v) is 5.13. The molecule has 0 aliphatic heterocycles. The molecule has 0 unspecified atom stereocenters. The van der Waals surface area contributed by atoms with Crippen LogP contribution in [0.4, 0.5) is 13.2 Å². The Kier molecular flexibility index (Phi) is 2.74. The van der Waals surface area contributed by atoms with Crippen molar-refractivity contribution in [2.45, 2.75) is 19.5 Å². The zero-order chi connectivity index (χ0) is 7.49. The third-order valence-corrected chi connectivity index (χ3v) is 0.828. The van der Waals surface area contributed by atoms with Gasteiger partial charge >= 0.3 is 6.18 Å². The van der Waals surface area contributed by atoms with Crippen molar-refractivity contribution in [3.63, 3.8) is 0 Å². The summed E-state index contributed by atoms with van der Waals surface area (Å²) in [4.78, 5) is 0. The molecule has 0 spiro atoms. The fraction of sp³-hybridized carbons (Fsp3) is 0.500. The molecule has 0 saturated carbocycles. The second kappa shape index (κ2) is 2.90. The van der Waals surface area contributed by atoms with Crippen LogP contribution in [0, 0.1) is 6.92 Å². The van der Waals surface area contributed by atoms with Gasteiger partial charge in [0.25, 0.3) is 0 Å². The Hall–Kier alpha value is -0.470. The summed E-state index contributed by atoms with van der Waals surface area (Å²) in [7, 11) is 0. The Morgan fingerprint density at radius 2 is 2.00 bits per heavy atom. The summed E-state index contributed by atoms with van der Waals surface area (Å²) in [6, 6.07) is 0. The molecule has 0 aromatic rings. The van der Waals surface area contributed by atoms with Crippen molar-refractivity contribution in [2.24, 2.45) is 0 Å². The van der Waals surface area contributed by atoms with E-state index in [-0.39, 0.29) is 5.57 Å². The Balaban J connectivity index is 3.75. The monoisotopic (exact) mass is 137 g/mol. The van der Waals surface area contributed by atoms with Gasteiger partial charge < -0.3 is 0 Å². The molecule has 0 saturated heterocycles. The Labute approximate surface area is 52.4 Å². The summed E-state index contributed by atoms with van der Waals surface area (Å²) in [6.07, 6.45) is -3.72. The smallest absolute Gasteiger partial charge is 0.171 e. The Bertz CT molecular complexity index is 110. The summed E-state index contributed by atoms with van der Waals surface area (Å²) in [5.74, 6) is 0. The second-order valence-electron chi connectivity index (χ2n) is 1.84. The lowest BCUT2D eigenvalue weighted by Crippen LogP contribution is -2.06. The highest BCUT2D eigenvalue weighted by molar-refractivity contribution is 5.01. The Morgan fingerprint density at radius 1 is 1.56 bits per heavy atom. The summed E-state index contributed by atoms with van der Waals surface area (Å²) < 4.78 is 34.3. The average Bonchev–Trinajstić information content (AvgIpc) is 1.62. The lowest BCUT2D eigenvalue weighted by Gasteiger charge is -2.04. The van der Waals surface area contributed by atoms with Crippen LogP contribution in [0.3, 0.4) is 0 Å². The van der Waals surface area contributed by atoms with E-state index in [4.69, 9.17) is 0 Å². The van der Waals surface area contributed by atoms with Gasteiger partial charge in [0.1, 0.15) is 0 Å². The predicted molar refractivity (Wildman–Crippen MR) is 29.8 cm³/mol. The van der Waals surface area contributed by atoms with Gasteiger partial charge in [0.2, 0.25) is 0 Å². The van der Waals surface area contributed by atoms with Crippen LogP contribution in [-0.2, 0) is 0 Å². The fourth-order valence-electron chi connectivity index (χ4n) is 0.388. The molecule has 1 radical (unpaired) electrons. The van der Waals surface area contributed by atoms with Gasteiger partial charge in [-0.25, -0.2) is 0 Å². The number of allylic oxidation sites excluding steroid dienone is 2. The summed E-state index contributed by atoms with van der Waals surface area (Å²) in [5.41, 5.74) is 0.252. The maximum Gasteiger partial charge on any atom is 0.392 e. The molecule has 3 heteroatoms. The van der Waals surface area contributed by atoms with Gasteiger partial charge in [-0.05, 0) is 13.8 Å². The van der Waals surface area contributed by atoms with Gasteiger partial charge in [-0.3, -0.25) is 0 Å². The molecule has 0 amide bonds. The highest BCUT2D eigenvalue weighted by Gasteiger charge is 2.26. The molecule has 0 aromatic carbocycles. The highest BCUT2D eigenvalue weighted by atomic mass is 19.4. The van der Waals surface area contributed by atoms with Crippen LogP contribution in [0.1, 0.15) is 13.3 Å². The topological polar surface area (TPSA) is 0 Å². The molecule has 0 rings (SSSR count). The van der Waals surface area contributed by atoms with Crippen molar-refractivity contribution < 1.29 is 13.2 Å². The number of alkyl halides is 3. The van der Waals surface area contributed by atoms with Gasteiger partial charge in [-0.15, -0.1) is 0 Å². The highest BCUT2D eigenvalue weighted by Crippen LogP contribution is 2.23. The molecular weight excluding hydrogens is 129 g/mol. The molecule has 0 aliphatic rings. The van der Waals surface area contributed by atoms with Gasteiger partial charge in [0.05, 0.1) is 6.42 Å². The lowest BCUT2D eigenvalue weighted by atomic mass is 10.2. The minimum Gasteiger partial charge on any atom is -0.171 e. The maximum atomic E-state index is 11.4. The molecule has 0 fully saturated rings. The molecule has 0 aromatic heterocycles. The number of rotatable bonds is 1. The van der Waals surface area contributed by atoms with Crippen LogP contribution >= 0.6 is 0 Å². The van der Waals surface area contributed by atoms with Crippen molar-refractivity contribution in [2.75, 3.05) is 0 Å². The van der Waals surface area contributed by atoms with Crippen LogP contribution in [0.2, 0.25) is 0 Å². The van der Waals surface area contributed by atoms with E-state index in [0.717, 1.165) is 0 Å². The first-order valence-electron chi connectivity index (χ1n) is 2.47. The largest absolute Gasteiger partial charge is 0.392 e. The average molecular weight is 137 g/mol. The SMILES string of the molecule is [CH2]C=C(C)CC(F)(F)F. The van der Waals surface area contributed by atoms with Gasteiger partial charge in [0.15, 0.2) is 0 Å². The molecular formula is C6H8F3. The van der Waals surface area contributed by atoms with E-state index >= 15 is 0 Å². The van der Waals surface area contributed by atoms with E-state index < -0.39 is 12.6 Å². The minimum atomic E-state index is -4.09. The molecule has 0 heterocycles. The van der Waals surface area contributed by atoms with Gasteiger partial charge in [-0.2, -0.15) is 13.2 Å². The van der Waals surface area contributed by atoms with Crippen molar-refractivity contribution in [3.05, 3.63) is 18.6 Å². The van der Waals surface area contributed by atoms with E-state index in [1.807, 2.05) is 0 Å². The zero-order valence-electron chi connectivity index (χ0n) is 5.13. The quantitative estimate of drug-likeness (QED) is 0.521. The van der Waals surface area contributed by atoms with Gasteiger partial charge in [0, 0.05) is 0 Å². The van der Waals surface area contributed by atoms with Crippen LogP contribution in [-0.4, -0.2) is 6.18 Å². The third kappa shape index (κ3) is 5.40. The van der Waals surface area contributed by atoms with Crippen molar-refractivity contribution in [1.82, 2.24) is 0 Å². The second-order valence-corrected chi connectivity index (χ2v) is 1.84. The van der Waals surface area contributed by atoms with E-state index in [2.05, 4.69) is 6.92 Å². The first-order valence-corrected chi connectivity index (χ1v) is 2.47. The number of hydrogen-bond acceptors (Lipinski definition) is 0. The van der Waals surface area contributed by atoms with Crippen LogP contribution in [0.15, 0.2) is 11.6 Å². The fourth-order valence-corrected chi connectivity index (χ4v) is 0.388. The third-order valence-electron chi connectivity index (χ3n) is 0.828. The normalized spacial score (nSPS) is 14.1. The van der Waals surface area contributed by atoms with Crippen molar-refractivity contribution in [1.29, 1.82) is 0 Å². The molecule has 0 nitrogen and oxygen atoms in total. The summed E-state index contributed by atoms with van der Waals surface area (Å²) in [6.45, 7) is 4.61. The van der Waals surface area contributed by atoms with Crippen molar-refractivity contribution >= 4 is 0 Å². The first kappa shape index (κ1) is 8.53. The predicted octanol–water partition coefficient (Wildman–Crippen LogP) is 2.72. The minimum absolute atomic E-state index is 0.252. The van der Waals surface area contributed by atoms with Crippen LogP contribution < -0.4 is 0 Å². The Morgan fingerprint density at radius 3 is 2.11 bits per heavy atom. The molecule has 9 heavy (non-hydrogen) atoms. The molecule has 53 valence electrons. The van der Waals surface area contributed by atoms with E-state index in [0.29, 0.717) is 0 Å². The van der Waals surface area contributed by atoms with Crippen LogP contribution in [0.5, 0.6) is 0 Å². The standard InChI is InChI=1S/C6H8F3/c1-3-5(2)4-6(7,8)9/h3H,1,4H2,2H3. The van der Waals surface area contributed by atoms with Gasteiger partial charge in [-0.1, -0.05) is 11.6 Å². The number of halogens is 3. The molecule has 0 atom stereocenters. The molecule has 0 N–H and O–H groups in total. The van der Waals surface area contributed by atoms with E-state index in [1.54, 1.807) is 0 Å². The van der Waals surface area contributed by atoms with Crippen LogP contribution in [0.25, 0.3) is 0 Å². The lowest BCUT2D eigenvalue weighted by molar-refractivity contribution is -0.127. The number of hydrogen-bond donors (Lipinski definition) is 0. The van der Waals surface area contributed by atoms with E-state index in [9.17, 15) is 13.2 Å².